The van der Waals surface area contributed by atoms with Gasteiger partial charge in [0.25, 0.3) is 11.4 Å². The van der Waals surface area contributed by atoms with Crippen LogP contribution < -0.4 is 21.7 Å². The molecule has 0 fully saturated rings. The van der Waals surface area contributed by atoms with Gasteiger partial charge in [0, 0.05) is 19.3 Å². The van der Waals surface area contributed by atoms with E-state index in [9.17, 15) is 43.0 Å². The zero-order valence-corrected chi connectivity index (χ0v) is 59.7. The second kappa shape index (κ2) is 40.1. The third-order valence-electron chi connectivity index (χ3n) is 8.79. The zero-order chi connectivity index (χ0) is 66.1. The lowest BCUT2D eigenvalue weighted by atomic mass is 10.2. The number of amides is 3. The Morgan fingerprint density at radius 1 is 0.540 bits per heavy atom. The maximum Gasteiger partial charge on any atom is 0.412 e. The van der Waals surface area contributed by atoms with Crippen LogP contribution in [0, 0.1) is 27.4 Å². The smallest absolute Gasteiger partial charge is 0.412 e. The number of thioether (sulfide) groups is 4. The Balaban J connectivity index is 0.000000532. The Kier molecular flexibility index (Phi) is 36.6. The van der Waals surface area contributed by atoms with Crippen LogP contribution in [0.3, 0.4) is 0 Å². The first-order valence-corrected chi connectivity index (χ1v) is 34.3. The van der Waals surface area contributed by atoms with Gasteiger partial charge in [-0.25, -0.2) is 52.7 Å². The summed E-state index contributed by atoms with van der Waals surface area (Å²) in [6.45, 7) is 26.0. The fourth-order valence-corrected chi connectivity index (χ4v) is 10.2. The molecule has 6 heterocycles. The number of sulfone groups is 1. The molecule has 476 valence electrons. The summed E-state index contributed by atoms with van der Waals surface area (Å²) in [6.07, 6.45) is 7.13. The number of halogens is 3. The van der Waals surface area contributed by atoms with E-state index < -0.39 is 54.8 Å². The molecule has 0 saturated heterocycles. The number of rotatable bonds is 15. The number of aromatic nitrogens is 6. The summed E-state index contributed by atoms with van der Waals surface area (Å²) in [4.78, 5) is 77.9. The van der Waals surface area contributed by atoms with Crippen molar-refractivity contribution in [2.45, 2.75) is 139 Å². The third-order valence-corrected chi connectivity index (χ3v) is 15.7. The highest BCUT2D eigenvalue weighted by atomic mass is 127. The minimum absolute atomic E-state index is 0.000797. The number of hydrogen-bond acceptors (Lipinski definition) is 23. The summed E-state index contributed by atoms with van der Waals surface area (Å²) in [5, 5.41) is 32.1. The van der Waals surface area contributed by atoms with Crippen molar-refractivity contribution in [1.82, 2.24) is 29.9 Å². The molecule has 0 aliphatic heterocycles. The Morgan fingerprint density at radius 3 is 1.26 bits per heavy atom. The molecule has 0 saturated carbocycles. The third kappa shape index (κ3) is 36.5. The van der Waals surface area contributed by atoms with Gasteiger partial charge in [-0.2, -0.15) is 0 Å². The van der Waals surface area contributed by atoms with Gasteiger partial charge in [0.05, 0.1) is 83.2 Å². The molecule has 0 bridgehead atoms. The van der Waals surface area contributed by atoms with E-state index in [-0.39, 0.29) is 27.3 Å². The minimum atomic E-state index is -3.35. The second-order valence-corrected chi connectivity index (χ2v) is 29.6. The van der Waals surface area contributed by atoms with Crippen LogP contribution in [0.5, 0.6) is 0 Å². The molecule has 0 radical (unpaired) electrons. The lowest BCUT2D eigenvalue weighted by Crippen LogP contribution is -2.27. The van der Waals surface area contributed by atoms with E-state index in [1.807, 2.05) is 101 Å². The van der Waals surface area contributed by atoms with Crippen LogP contribution in [0.2, 0.25) is 5.15 Å². The molecule has 5 N–H and O–H groups in total. The Labute approximate surface area is 557 Å². The van der Waals surface area contributed by atoms with Gasteiger partial charge in [0.15, 0.2) is 14.9 Å². The number of hydrogen-bond donors (Lipinski definition) is 4. The van der Waals surface area contributed by atoms with E-state index in [1.165, 1.54) is 36.7 Å². The largest absolute Gasteiger partial charge is 0.444 e. The average Bonchev–Trinajstić information content (AvgIpc) is 2.47. The highest BCUT2D eigenvalue weighted by molar-refractivity contribution is 14.1. The number of nitro groups is 2. The maximum absolute atomic E-state index is 11.7. The number of pyridine rings is 6. The average molecular weight is 1540 g/mol. The fraction of sp³-hybridized carbons (Fsp3) is 0.400. The summed E-state index contributed by atoms with van der Waals surface area (Å²) in [5.74, 6) is 3.91. The summed E-state index contributed by atoms with van der Waals surface area (Å²) < 4.78 is 40.4. The lowest BCUT2D eigenvalue weighted by molar-refractivity contribution is -0.385. The molecule has 0 aliphatic rings. The summed E-state index contributed by atoms with van der Waals surface area (Å²) in [6, 6.07) is 16.7. The van der Waals surface area contributed by atoms with Gasteiger partial charge in [-0.05, 0) is 179 Å². The summed E-state index contributed by atoms with van der Waals surface area (Å²) in [5.41, 5.74) is 6.29. The van der Waals surface area contributed by atoms with Crippen molar-refractivity contribution in [3.63, 3.8) is 0 Å². The number of carbonyl (C=O) groups excluding carboxylic acids is 3. The zero-order valence-electron chi connectivity index (χ0n) is 50.5. The lowest BCUT2D eigenvalue weighted by Gasteiger charge is -2.20. The van der Waals surface area contributed by atoms with Crippen LogP contribution in [0.4, 0.5) is 48.5 Å². The van der Waals surface area contributed by atoms with Crippen LogP contribution in [0.25, 0.3) is 0 Å². The van der Waals surface area contributed by atoms with E-state index in [0.29, 0.717) is 20.6 Å². The Morgan fingerprint density at radius 2 is 0.920 bits per heavy atom. The van der Waals surface area contributed by atoms with Crippen LogP contribution in [0.15, 0.2) is 123 Å². The van der Waals surface area contributed by atoms with Crippen molar-refractivity contribution in [3.8, 4) is 0 Å². The highest BCUT2D eigenvalue weighted by Gasteiger charge is 2.21. The molecule has 32 heteroatoms. The molecule has 87 heavy (non-hydrogen) atoms. The monoisotopic (exact) mass is 1540 g/mol. The first-order valence-electron chi connectivity index (χ1n) is 26.1. The first-order chi connectivity index (χ1) is 40.5. The molecule has 6 aromatic rings. The van der Waals surface area contributed by atoms with E-state index in [0.717, 1.165) is 58.6 Å². The van der Waals surface area contributed by atoms with Gasteiger partial charge < -0.3 is 19.9 Å². The van der Waals surface area contributed by atoms with Crippen LogP contribution in [-0.4, -0.2) is 112 Å². The Bertz CT molecular complexity index is 3220. The normalized spacial score (nSPS) is 10.8. The van der Waals surface area contributed by atoms with Crippen LogP contribution in [-0.2, 0) is 24.0 Å². The SMILES string of the molecule is CCS(=O)(=O)c1cc(I)c(NC(=O)OC(C)(C)C)cn1.CCSc1cc(I)c(NC(=O)OC(C)(C)C)cn1.CCSc1ccc(N)cn1.CCSc1ccc(NC(=O)OC(C)(C)C)cn1.CCSc1ccc([N+](=O)[O-])cn1.O=[N+]([O-])c1ccc(Cl)nc1. The number of nitrogens with two attached hydrogens (primary N) is 1. The van der Waals surface area contributed by atoms with E-state index in [1.54, 1.807) is 99.4 Å². The quantitative estimate of drug-likeness (QED) is 0.0185. The topological polar surface area (TPSA) is 339 Å². The van der Waals surface area contributed by atoms with Crippen molar-refractivity contribution in [2.75, 3.05) is 50.4 Å². The molecule has 6 aromatic heterocycles. The van der Waals surface area contributed by atoms with Crippen LogP contribution >= 0.6 is 104 Å². The van der Waals surface area contributed by atoms with Gasteiger partial charge in [-0.3, -0.25) is 36.2 Å². The fourth-order valence-electron chi connectivity index (χ4n) is 5.31. The maximum atomic E-state index is 11.7. The first kappa shape index (κ1) is 79.4. The van der Waals surface area contributed by atoms with Gasteiger partial charge >= 0.3 is 18.3 Å². The van der Waals surface area contributed by atoms with Gasteiger partial charge in [0.1, 0.15) is 34.3 Å². The van der Waals surface area contributed by atoms with Crippen molar-refractivity contribution < 1.29 is 46.9 Å². The number of anilines is 4. The van der Waals surface area contributed by atoms with Crippen LogP contribution in [0.1, 0.15) is 96.9 Å². The minimum Gasteiger partial charge on any atom is -0.444 e. The van der Waals surface area contributed by atoms with Gasteiger partial charge in [0.2, 0.25) is 0 Å². The van der Waals surface area contributed by atoms with Crippen molar-refractivity contribution in [2.24, 2.45) is 0 Å². The molecule has 6 rings (SSSR count). The molecule has 0 aromatic carbocycles. The second-order valence-electron chi connectivity index (χ2n) is 19.5. The molecule has 0 unspecified atom stereocenters. The standard InChI is InChI=1S/C12H17IN2O4S.C12H17IN2O2S.C12H18N2O2S.C7H8N2O2S.C7H10N2S.C5H3ClN2O2/c1-5-20(17,18)10-6-8(13)9(7-14-10)15-11(16)19-12(2,3)4;1-5-18-10-6-8(13)9(7-14-10)15-11(16)17-12(2,3)4;1-5-17-10-7-6-9(8-13-10)14-11(15)16-12(2,3)4;1-2-12-7-4-3-6(5-8-7)9(10)11;1-2-10-7-4-3-6(8)5-9-7;6-5-2-1-4(3-7-5)8(9)10/h6-7H,5H2,1-4H3,(H,15,16);6-7H,5H2,1-4H3,(H,15,16);6-8H,5H2,1-4H3,(H,14,15);3-5H,2H2,1H3;3-5H,2,8H2,1H3;1-3H. The summed E-state index contributed by atoms with van der Waals surface area (Å²) >= 11 is 16.1. The number of ether oxygens (including phenoxy) is 3. The predicted octanol–water partition coefficient (Wildman–Crippen LogP) is 16.0. The molecule has 0 spiro atoms. The van der Waals surface area contributed by atoms with Gasteiger partial charge in [-0.15, -0.1) is 47.0 Å². The molecular formula is C55H73ClI2N12O12S5. The van der Waals surface area contributed by atoms with E-state index in [2.05, 4.69) is 89.2 Å². The van der Waals surface area contributed by atoms with Crippen molar-refractivity contribution in [1.29, 1.82) is 0 Å². The molecule has 3 amide bonds. The number of carbonyl (C=O) groups is 3. The highest BCUT2D eigenvalue weighted by Crippen LogP contribution is 2.25. The number of nitrogen functional groups attached to an aromatic ring is 1. The van der Waals surface area contributed by atoms with Crippen molar-refractivity contribution >= 4 is 166 Å². The van der Waals surface area contributed by atoms with E-state index >= 15 is 0 Å². The van der Waals surface area contributed by atoms with Gasteiger partial charge in [-0.1, -0.05) is 46.2 Å². The number of nitrogens with one attached hydrogen (secondary N) is 3. The molecule has 24 nitrogen and oxygen atoms in total. The molecular weight excluding hydrogens is 1470 g/mol. The summed E-state index contributed by atoms with van der Waals surface area (Å²) in [7, 11) is -3.35. The number of nitrogens with zero attached hydrogens (tertiary/aromatic N) is 8. The molecule has 0 aliphatic carbocycles. The van der Waals surface area contributed by atoms with E-state index in [4.69, 9.17) is 31.5 Å². The molecule has 0 atom stereocenters. The predicted molar refractivity (Wildman–Crippen MR) is 366 cm³/mol. The Hall–Kier alpha value is -5.59. The van der Waals surface area contributed by atoms with Crippen molar-refractivity contribution in [3.05, 3.63) is 130 Å².